The van der Waals surface area contributed by atoms with Crippen molar-refractivity contribution in [2.24, 2.45) is 5.92 Å². The number of aliphatic hydroxyl groups excluding tert-OH is 1. The van der Waals surface area contributed by atoms with Gasteiger partial charge >= 0.3 is 0 Å². The Morgan fingerprint density at radius 1 is 1.41 bits per heavy atom. The summed E-state index contributed by atoms with van der Waals surface area (Å²) in [4.78, 5) is 12.5. The van der Waals surface area contributed by atoms with E-state index in [0.29, 0.717) is 38.1 Å². The van der Waals surface area contributed by atoms with Crippen LogP contribution >= 0.6 is 0 Å². The van der Waals surface area contributed by atoms with Gasteiger partial charge in [-0.25, -0.2) is 8.42 Å². The zero-order valence-electron chi connectivity index (χ0n) is 16.3. The lowest BCUT2D eigenvalue weighted by Crippen LogP contribution is -2.45. The van der Waals surface area contributed by atoms with E-state index in [2.05, 4.69) is 5.32 Å². The molecule has 2 rings (SSSR count). The van der Waals surface area contributed by atoms with Crippen LogP contribution in [0.1, 0.15) is 44.6 Å². The van der Waals surface area contributed by atoms with Gasteiger partial charge in [-0.2, -0.15) is 4.31 Å². The molecule has 27 heavy (non-hydrogen) atoms. The standard InChI is InChI=1S/C19H30N2O5S/c1-14(2)15-7-8-17(26-3)18(12-15)27(24,25)21-10-4-6-16(13-21)19(23)20-9-5-11-22/h7-8,12,14,16,22H,4-6,9-11,13H2,1-3H3,(H,20,23)/t16-/m0/s1. The quantitative estimate of drug-likeness (QED) is 0.650. The first-order valence-corrected chi connectivity index (χ1v) is 10.8. The van der Waals surface area contributed by atoms with Crippen LogP contribution in [0.3, 0.4) is 0 Å². The molecule has 8 heteroatoms. The van der Waals surface area contributed by atoms with Crippen molar-refractivity contribution in [3.63, 3.8) is 0 Å². The van der Waals surface area contributed by atoms with Crippen LogP contribution in [-0.2, 0) is 14.8 Å². The lowest BCUT2D eigenvalue weighted by atomic mass is 9.99. The van der Waals surface area contributed by atoms with Gasteiger partial charge in [-0.1, -0.05) is 19.9 Å². The molecule has 0 unspecified atom stereocenters. The molecule has 2 N–H and O–H groups in total. The molecule has 1 fully saturated rings. The van der Waals surface area contributed by atoms with Crippen molar-refractivity contribution < 1.29 is 23.1 Å². The van der Waals surface area contributed by atoms with Gasteiger partial charge in [0, 0.05) is 26.2 Å². The Morgan fingerprint density at radius 2 is 2.15 bits per heavy atom. The molecule has 0 bridgehead atoms. The molecule has 1 saturated heterocycles. The number of methoxy groups -OCH3 is 1. The highest BCUT2D eigenvalue weighted by atomic mass is 32.2. The number of hydrogen-bond acceptors (Lipinski definition) is 5. The van der Waals surface area contributed by atoms with Crippen molar-refractivity contribution in [1.82, 2.24) is 9.62 Å². The fraction of sp³-hybridized carbons (Fsp3) is 0.632. The third-order valence-electron chi connectivity index (χ3n) is 4.86. The fourth-order valence-electron chi connectivity index (χ4n) is 3.20. The monoisotopic (exact) mass is 398 g/mol. The van der Waals surface area contributed by atoms with Gasteiger partial charge in [-0.3, -0.25) is 4.79 Å². The molecule has 0 radical (unpaired) electrons. The second-order valence-electron chi connectivity index (χ2n) is 7.14. The summed E-state index contributed by atoms with van der Waals surface area (Å²) in [6.07, 6.45) is 1.77. The Balaban J connectivity index is 2.23. The Hall–Kier alpha value is -1.64. The van der Waals surface area contributed by atoms with Gasteiger partial charge in [0.2, 0.25) is 15.9 Å². The molecule has 7 nitrogen and oxygen atoms in total. The third kappa shape index (κ3) is 5.21. The second kappa shape index (κ2) is 9.52. The number of nitrogens with zero attached hydrogens (tertiary/aromatic N) is 1. The molecule has 0 aliphatic carbocycles. The maximum atomic E-state index is 13.3. The molecule has 1 amide bonds. The Kier molecular flexibility index (Phi) is 7.64. The third-order valence-corrected chi connectivity index (χ3v) is 6.75. The smallest absolute Gasteiger partial charge is 0.246 e. The van der Waals surface area contributed by atoms with Gasteiger partial charge in [-0.15, -0.1) is 0 Å². The number of aliphatic hydroxyl groups is 1. The van der Waals surface area contributed by atoms with Gasteiger partial charge in [-0.05, 0) is 42.9 Å². The van der Waals surface area contributed by atoms with Gasteiger partial charge in [0.25, 0.3) is 0 Å². The largest absolute Gasteiger partial charge is 0.495 e. The van der Waals surface area contributed by atoms with E-state index >= 15 is 0 Å². The van der Waals surface area contributed by atoms with E-state index in [0.717, 1.165) is 5.56 Å². The van der Waals surface area contributed by atoms with E-state index in [1.807, 2.05) is 19.9 Å². The van der Waals surface area contributed by atoms with E-state index in [4.69, 9.17) is 9.84 Å². The minimum absolute atomic E-state index is 0.0113. The minimum atomic E-state index is -3.76. The van der Waals surface area contributed by atoms with Crippen molar-refractivity contribution in [2.45, 2.75) is 43.9 Å². The average molecular weight is 399 g/mol. The van der Waals surface area contributed by atoms with E-state index in [1.165, 1.54) is 11.4 Å². The molecule has 1 aromatic carbocycles. The summed E-state index contributed by atoms with van der Waals surface area (Å²) in [6.45, 7) is 4.96. The normalized spacial score (nSPS) is 18.5. The van der Waals surface area contributed by atoms with Gasteiger partial charge < -0.3 is 15.2 Å². The molecule has 1 heterocycles. The van der Waals surface area contributed by atoms with Crippen LogP contribution in [0.4, 0.5) is 0 Å². The van der Waals surface area contributed by atoms with Crippen molar-refractivity contribution in [1.29, 1.82) is 0 Å². The van der Waals surface area contributed by atoms with Crippen LogP contribution in [0.15, 0.2) is 23.1 Å². The zero-order valence-corrected chi connectivity index (χ0v) is 17.1. The summed E-state index contributed by atoms with van der Waals surface area (Å²) in [5, 5.41) is 11.6. The Labute approximate surface area is 161 Å². The molecule has 152 valence electrons. The fourth-order valence-corrected chi connectivity index (χ4v) is 4.92. The molecule has 1 aliphatic heterocycles. The van der Waals surface area contributed by atoms with Crippen molar-refractivity contribution >= 4 is 15.9 Å². The number of amides is 1. The molecule has 0 aromatic heterocycles. The number of hydrogen-bond donors (Lipinski definition) is 2. The van der Waals surface area contributed by atoms with Crippen LogP contribution in [0, 0.1) is 5.92 Å². The summed E-state index contributed by atoms with van der Waals surface area (Å²) in [5.41, 5.74) is 0.921. The van der Waals surface area contributed by atoms with E-state index in [1.54, 1.807) is 12.1 Å². The van der Waals surface area contributed by atoms with Crippen LogP contribution in [-0.4, -0.2) is 57.1 Å². The predicted molar refractivity (Wildman–Crippen MR) is 103 cm³/mol. The van der Waals surface area contributed by atoms with E-state index < -0.39 is 10.0 Å². The molecular formula is C19H30N2O5S. The summed E-state index contributed by atoms with van der Waals surface area (Å²) in [5.74, 6) is -0.0390. The second-order valence-corrected chi connectivity index (χ2v) is 9.04. The van der Waals surface area contributed by atoms with E-state index in [9.17, 15) is 13.2 Å². The number of carbonyl (C=O) groups is 1. The first-order valence-electron chi connectivity index (χ1n) is 9.38. The van der Waals surface area contributed by atoms with Crippen LogP contribution < -0.4 is 10.1 Å². The average Bonchev–Trinajstić information content (AvgIpc) is 2.67. The highest BCUT2D eigenvalue weighted by Gasteiger charge is 2.35. The maximum Gasteiger partial charge on any atom is 0.246 e. The predicted octanol–water partition coefficient (Wildman–Crippen LogP) is 1.72. The van der Waals surface area contributed by atoms with Gasteiger partial charge in [0.1, 0.15) is 10.6 Å². The molecule has 1 aliphatic rings. The Bertz CT molecular complexity index is 748. The molecule has 0 saturated carbocycles. The highest BCUT2D eigenvalue weighted by Crippen LogP contribution is 2.32. The van der Waals surface area contributed by atoms with Crippen LogP contribution in [0.2, 0.25) is 0 Å². The van der Waals surface area contributed by atoms with Crippen molar-refractivity contribution in [3.8, 4) is 5.75 Å². The van der Waals surface area contributed by atoms with Gasteiger partial charge in [0.15, 0.2) is 0 Å². The first-order chi connectivity index (χ1) is 12.8. The maximum absolute atomic E-state index is 13.3. The number of benzene rings is 1. The first kappa shape index (κ1) is 21.7. The summed E-state index contributed by atoms with van der Waals surface area (Å²) in [6, 6.07) is 5.23. The lowest BCUT2D eigenvalue weighted by molar-refractivity contribution is -0.126. The summed E-state index contributed by atoms with van der Waals surface area (Å²) in [7, 11) is -2.31. The highest BCUT2D eigenvalue weighted by molar-refractivity contribution is 7.89. The number of ether oxygens (including phenoxy) is 1. The van der Waals surface area contributed by atoms with Crippen molar-refractivity contribution in [3.05, 3.63) is 23.8 Å². The number of nitrogens with one attached hydrogen (secondary N) is 1. The lowest BCUT2D eigenvalue weighted by Gasteiger charge is -2.31. The van der Waals surface area contributed by atoms with Crippen molar-refractivity contribution in [2.75, 3.05) is 33.4 Å². The number of piperidine rings is 1. The number of carbonyl (C=O) groups excluding carboxylic acids is 1. The van der Waals surface area contributed by atoms with E-state index in [-0.39, 0.29) is 35.8 Å². The summed E-state index contributed by atoms with van der Waals surface area (Å²) >= 11 is 0. The number of sulfonamides is 1. The molecular weight excluding hydrogens is 368 g/mol. The Morgan fingerprint density at radius 3 is 2.78 bits per heavy atom. The molecule has 1 atom stereocenters. The van der Waals surface area contributed by atoms with Crippen LogP contribution in [0.25, 0.3) is 0 Å². The van der Waals surface area contributed by atoms with Gasteiger partial charge in [0.05, 0.1) is 13.0 Å². The SMILES string of the molecule is COc1ccc(C(C)C)cc1S(=O)(=O)N1CCC[C@H](C(=O)NCCCO)C1. The topological polar surface area (TPSA) is 95.9 Å². The minimum Gasteiger partial charge on any atom is -0.495 e. The number of rotatable bonds is 8. The summed E-state index contributed by atoms with van der Waals surface area (Å²) < 4.78 is 33.2. The molecule has 1 aromatic rings. The zero-order chi connectivity index (χ0) is 20.0. The molecule has 0 spiro atoms. The van der Waals surface area contributed by atoms with Crippen LogP contribution in [0.5, 0.6) is 5.75 Å².